The number of para-hydroxylation sites is 1. The summed E-state index contributed by atoms with van der Waals surface area (Å²) in [7, 11) is 1.33. The highest BCUT2D eigenvalue weighted by Crippen LogP contribution is 2.17. The number of hydrogen-bond donors (Lipinski definition) is 1. The Morgan fingerprint density at radius 2 is 2.00 bits per heavy atom. The van der Waals surface area contributed by atoms with Gasteiger partial charge in [0.05, 0.1) is 12.8 Å². The van der Waals surface area contributed by atoms with E-state index in [9.17, 15) is 4.79 Å². The molecule has 3 aromatic rings. The minimum Gasteiger partial charge on any atom is -0.464 e. The van der Waals surface area contributed by atoms with Crippen molar-refractivity contribution >= 4 is 17.5 Å². The molecule has 6 heteroatoms. The zero-order chi connectivity index (χ0) is 15.4. The molecule has 2 heterocycles. The van der Waals surface area contributed by atoms with E-state index < -0.39 is 5.97 Å². The molecule has 0 atom stereocenters. The van der Waals surface area contributed by atoms with Crippen LogP contribution in [0.15, 0.2) is 61.2 Å². The fourth-order valence-corrected chi connectivity index (χ4v) is 1.99. The highest BCUT2D eigenvalue weighted by molar-refractivity contribution is 5.86. The molecule has 0 amide bonds. The third kappa shape index (κ3) is 2.95. The maximum absolute atomic E-state index is 11.4. The number of imidazole rings is 1. The molecule has 0 bridgehead atoms. The van der Waals surface area contributed by atoms with Gasteiger partial charge in [0.1, 0.15) is 12.1 Å². The van der Waals surface area contributed by atoms with Crippen molar-refractivity contribution in [1.82, 2.24) is 14.5 Å². The van der Waals surface area contributed by atoms with E-state index in [0.29, 0.717) is 5.82 Å². The van der Waals surface area contributed by atoms with E-state index in [0.717, 1.165) is 11.4 Å². The number of ether oxygens (including phenoxy) is 1. The Morgan fingerprint density at radius 3 is 2.77 bits per heavy atom. The van der Waals surface area contributed by atoms with Crippen molar-refractivity contribution in [2.24, 2.45) is 0 Å². The summed E-state index contributed by atoms with van der Waals surface area (Å²) in [6.07, 6.45) is 4.87. The highest BCUT2D eigenvalue weighted by atomic mass is 16.5. The molecule has 0 aliphatic carbocycles. The Hall–Kier alpha value is -3.15. The first-order valence-corrected chi connectivity index (χ1v) is 6.67. The average Bonchev–Trinajstić information content (AvgIpc) is 3.05. The van der Waals surface area contributed by atoms with E-state index in [1.165, 1.54) is 7.11 Å². The highest BCUT2D eigenvalue weighted by Gasteiger charge is 2.10. The van der Waals surface area contributed by atoms with Gasteiger partial charge in [0, 0.05) is 24.1 Å². The van der Waals surface area contributed by atoms with Gasteiger partial charge < -0.3 is 14.6 Å². The Bertz CT molecular complexity index is 784. The van der Waals surface area contributed by atoms with Gasteiger partial charge >= 0.3 is 5.97 Å². The van der Waals surface area contributed by atoms with E-state index >= 15 is 0 Å². The zero-order valence-electron chi connectivity index (χ0n) is 11.9. The maximum atomic E-state index is 11.4. The second kappa shape index (κ2) is 6.09. The van der Waals surface area contributed by atoms with Gasteiger partial charge in [-0.3, -0.25) is 0 Å². The minimum atomic E-state index is -0.463. The minimum absolute atomic E-state index is 0.261. The Morgan fingerprint density at radius 1 is 1.18 bits per heavy atom. The lowest BCUT2D eigenvalue weighted by molar-refractivity contribution is 0.0594. The van der Waals surface area contributed by atoms with Crippen LogP contribution in [0.2, 0.25) is 0 Å². The number of methoxy groups -OCH3 is 1. The van der Waals surface area contributed by atoms with Crippen molar-refractivity contribution in [3.8, 4) is 5.69 Å². The Kier molecular flexibility index (Phi) is 3.82. The van der Waals surface area contributed by atoms with E-state index in [1.807, 2.05) is 42.5 Å². The number of hydrogen-bond acceptors (Lipinski definition) is 5. The van der Waals surface area contributed by atoms with Crippen molar-refractivity contribution in [2.45, 2.75) is 0 Å². The van der Waals surface area contributed by atoms with Gasteiger partial charge in [-0.2, -0.15) is 0 Å². The summed E-state index contributed by atoms with van der Waals surface area (Å²) in [5, 5.41) is 3.22. The first kappa shape index (κ1) is 13.8. The Labute approximate surface area is 127 Å². The molecule has 2 aromatic heterocycles. The second-order valence-electron chi connectivity index (χ2n) is 4.55. The molecule has 110 valence electrons. The number of nitrogens with one attached hydrogen (secondary N) is 1. The molecule has 0 saturated heterocycles. The summed E-state index contributed by atoms with van der Waals surface area (Å²) in [6.45, 7) is 0. The lowest BCUT2D eigenvalue weighted by atomic mass is 10.3. The fraction of sp³-hybridized carbons (Fsp3) is 0.0625. The predicted octanol–water partition coefficient (Wildman–Crippen LogP) is 2.80. The van der Waals surface area contributed by atoms with Crippen molar-refractivity contribution in [3.05, 3.63) is 66.9 Å². The van der Waals surface area contributed by atoms with Gasteiger partial charge in [-0.05, 0) is 18.2 Å². The summed E-state index contributed by atoms with van der Waals surface area (Å²) in [5.41, 5.74) is 2.06. The molecule has 22 heavy (non-hydrogen) atoms. The fourth-order valence-electron chi connectivity index (χ4n) is 1.99. The third-order valence-electron chi connectivity index (χ3n) is 3.06. The smallest absolute Gasteiger partial charge is 0.358 e. The van der Waals surface area contributed by atoms with Crippen LogP contribution in [0.1, 0.15) is 10.5 Å². The van der Waals surface area contributed by atoms with Crippen LogP contribution in [0, 0.1) is 0 Å². The second-order valence-corrected chi connectivity index (χ2v) is 4.55. The maximum Gasteiger partial charge on any atom is 0.358 e. The van der Waals surface area contributed by atoms with Crippen LogP contribution in [-0.2, 0) is 4.74 Å². The van der Waals surface area contributed by atoms with Crippen molar-refractivity contribution in [1.29, 1.82) is 0 Å². The predicted molar refractivity (Wildman–Crippen MR) is 82.4 cm³/mol. The van der Waals surface area contributed by atoms with E-state index in [4.69, 9.17) is 0 Å². The number of anilines is 2. The molecule has 0 unspecified atom stereocenters. The summed E-state index contributed by atoms with van der Waals surface area (Å²) < 4.78 is 6.39. The topological polar surface area (TPSA) is 69.0 Å². The summed E-state index contributed by atoms with van der Waals surface area (Å²) in [4.78, 5) is 19.7. The molecule has 0 fully saturated rings. The standard InChI is InChI=1S/C16H14N4O2/c1-22-16(21)14-10-20(11-18-14)13-7-8-17-15(9-13)19-12-5-3-2-4-6-12/h2-11H,1H3,(H,17,19). The monoisotopic (exact) mass is 294 g/mol. The molecular formula is C16H14N4O2. The molecule has 1 aromatic carbocycles. The number of carbonyl (C=O) groups excluding carboxylic acids is 1. The first-order chi connectivity index (χ1) is 10.8. The first-order valence-electron chi connectivity index (χ1n) is 6.67. The molecule has 0 saturated carbocycles. The molecule has 3 rings (SSSR count). The average molecular weight is 294 g/mol. The van der Waals surface area contributed by atoms with Gasteiger partial charge in [-0.1, -0.05) is 18.2 Å². The summed E-state index contributed by atoms with van der Waals surface area (Å²) in [5.74, 6) is 0.243. The molecule has 0 aliphatic heterocycles. The quantitative estimate of drug-likeness (QED) is 0.749. The number of benzene rings is 1. The van der Waals surface area contributed by atoms with Crippen molar-refractivity contribution < 1.29 is 9.53 Å². The van der Waals surface area contributed by atoms with E-state index in [1.54, 1.807) is 23.3 Å². The number of carbonyl (C=O) groups is 1. The van der Waals surface area contributed by atoms with Crippen LogP contribution in [0.4, 0.5) is 11.5 Å². The van der Waals surface area contributed by atoms with Gasteiger partial charge in [-0.25, -0.2) is 14.8 Å². The van der Waals surface area contributed by atoms with Gasteiger partial charge in [0.2, 0.25) is 0 Å². The zero-order valence-corrected chi connectivity index (χ0v) is 11.9. The number of aromatic nitrogens is 3. The molecular weight excluding hydrogens is 280 g/mol. The summed E-state index contributed by atoms with van der Waals surface area (Å²) >= 11 is 0. The van der Waals surface area contributed by atoms with Crippen molar-refractivity contribution in [3.63, 3.8) is 0 Å². The normalized spacial score (nSPS) is 10.2. The number of rotatable bonds is 4. The molecule has 0 spiro atoms. The molecule has 6 nitrogen and oxygen atoms in total. The van der Waals surface area contributed by atoms with Crippen LogP contribution in [-0.4, -0.2) is 27.6 Å². The van der Waals surface area contributed by atoms with Crippen LogP contribution in [0.3, 0.4) is 0 Å². The lowest BCUT2D eigenvalue weighted by Gasteiger charge is -2.07. The van der Waals surface area contributed by atoms with E-state index in [2.05, 4.69) is 20.0 Å². The van der Waals surface area contributed by atoms with Gasteiger partial charge in [0.25, 0.3) is 0 Å². The SMILES string of the molecule is COC(=O)c1cn(-c2ccnc(Nc3ccccc3)c2)cn1. The van der Waals surface area contributed by atoms with Gasteiger partial charge in [0.15, 0.2) is 5.69 Å². The summed E-state index contributed by atoms with van der Waals surface area (Å²) in [6, 6.07) is 13.5. The largest absolute Gasteiger partial charge is 0.464 e. The third-order valence-corrected chi connectivity index (χ3v) is 3.06. The molecule has 0 radical (unpaired) electrons. The van der Waals surface area contributed by atoms with Crippen molar-refractivity contribution in [2.75, 3.05) is 12.4 Å². The van der Waals surface area contributed by atoms with Crippen LogP contribution >= 0.6 is 0 Å². The van der Waals surface area contributed by atoms with Crippen LogP contribution in [0.25, 0.3) is 5.69 Å². The molecule has 0 aliphatic rings. The van der Waals surface area contributed by atoms with Crippen LogP contribution < -0.4 is 5.32 Å². The number of pyridine rings is 1. The lowest BCUT2D eigenvalue weighted by Crippen LogP contribution is -2.01. The van der Waals surface area contributed by atoms with E-state index in [-0.39, 0.29) is 5.69 Å². The number of nitrogens with zero attached hydrogens (tertiary/aromatic N) is 3. The van der Waals surface area contributed by atoms with Gasteiger partial charge in [-0.15, -0.1) is 0 Å². The molecule has 1 N–H and O–H groups in total. The number of esters is 1. The van der Waals surface area contributed by atoms with Crippen LogP contribution in [0.5, 0.6) is 0 Å². The Balaban J connectivity index is 1.85.